The van der Waals surface area contributed by atoms with Gasteiger partial charge < -0.3 is 5.32 Å². The number of amides is 1. The van der Waals surface area contributed by atoms with Gasteiger partial charge in [-0.3, -0.25) is 9.69 Å². The Bertz CT molecular complexity index is 292. The Morgan fingerprint density at radius 1 is 1.41 bits per heavy atom. The van der Waals surface area contributed by atoms with Crippen molar-refractivity contribution in [1.82, 2.24) is 10.2 Å². The highest BCUT2D eigenvalue weighted by molar-refractivity contribution is 7.99. The molecule has 0 aromatic heterocycles. The lowest BCUT2D eigenvalue weighted by molar-refractivity contribution is -0.194. The van der Waals surface area contributed by atoms with Crippen molar-refractivity contribution in [2.45, 2.75) is 31.1 Å². The molecule has 2 aliphatic heterocycles. The molecule has 2 heterocycles. The molecule has 0 aromatic rings. The highest BCUT2D eigenvalue weighted by atomic mass is 32.2. The first kappa shape index (κ1) is 13.0. The molecule has 3 nitrogen and oxygen atoms in total. The Balaban J connectivity index is 2.10. The molecule has 2 atom stereocenters. The molecule has 0 aliphatic carbocycles. The lowest BCUT2D eigenvalue weighted by Gasteiger charge is -2.42. The molecule has 2 aliphatic rings. The predicted molar refractivity (Wildman–Crippen MR) is 59.9 cm³/mol. The van der Waals surface area contributed by atoms with Crippen molar-refractivity contribution in [3.05, 3.63) is 0 Å². The first-order valence-corrected chi connectivity index (χ1v) is 6.81. The van der Waals surface area contributed by atoms with Gasteiger partial charge in [0.25, 0.3) is 0 Å². The maximum Gasteiger partial charge on any atom is 0.405 e. The highest BCUT2D eigenvalue weighted by Crippen LogP contribution is 2.31. The van der Waals surface area contributed by atoms with E-state index in [1.807, 2.05) is 0 Å². The fraction of sp³-hybridized carbons (Fsp3) is 0.900. The Hall–Kier alpha value is -0.430. The van der Waals surface area contributed by atoms with Gasteiger partial charge in [-0.15, -0.1) is 0 Å². The summed E-state index contributed by atoms with van der Waals surface area (Å²) in [7, 11) is 0. The van der Waals surface area contributed by atoms with Crippen LogP contribution in [-0.2, 0) is 4.79 Å². The van der Waals surface area contributed by atoms with E-state index < -0.39 is 12.2 Å². The SMILES string of the molecule is O=C1CN(C2CCCSC2)C(C(F)(F)F)CN1. The summed E-state index contributed by atoms with van der Waals surface area (Å²) in [6.45, 7) is -0.446. The van der Waals surface area contributed by atoms with Crippen LogP contribution in [-0.4, -0.2) is 53.7 Å². The van der Waals surface area contributed by atoms with E-state index in [2.05, 4.69) is 5.32 Å². The zero-order chi connectivity index (χ0) is 12.5. The summed E-state index contributed by atoms with van der Waals surface area (Å²) in [5.41, 5.74) is 0. The second-order valence-electron chi connectivity index (χ2n) is 4.40. The van der Waals surface area contributed by atoms with Gasteiger partial charge in [-0.25, -0.2) is 0 Å². The van der Waals surface area contributed by atoms with Gasteiger partial charge in [-0.1, -0.05) is 0 Å². The van der Waals surface area contributed by atoms with E-state index in [0.717, 1.165) is 18.6 Å². The van der Waals surface area contributed by atoms with E-state index in [-0.39, 0.29) is 25.0 Å². The summed E-state index contributed by atoms with van der Waals surface area (Å²) in [6, 6.07) is -1.64. The minimum absolute atomic E-state index is 0.119. The number of piperazine rings is 1. The molecule has 2 rings (SSSR count). The van der Waals surface area contributed by atoms with Crippen molar-refractivity contribution in [1.29, 1.82) is 0 Å². The number of alkyl halides is 3. The lowest BCUT2D eigenvalue weighted by Crippen LogP contribution is -2.63. The van der Waals surface area contributed by atoms with E-state index in [4.69, 9.17) is 0 Å². The van der Waals surface area contributed by atoms with Crippen LogP contribution in [0.1, 0.15) is 12.8 Å². The van der Waals surface area contributed by atoms with Gasteiger partial charge in [-0.2, -0.15) is 24.9 Å². The number of nitrogens with one attached hydrogen (secondary N) is 1. The largest absolute Gasteiger partial charge is 0.405 e. The van der Waals surface area contributed by atoms with Gasteiger partial charge in [0.05, 0.1) is 6.54 Å². The summed E-state index contributed by atoms with van der Waals surface area (Å²) >= 11 is 1.67. The maximum atomic E-state index is 12.9. The van der Waals surface area contributed by atoms with E-state index in [1.54, 1.807) is 11.8 Å². The summed E-state index contributed by atoms with van der Waals surface area (Å²) in [6.07, 6.45) is -2.58. The predicted octanol–water partition coefficient (Wildman–Crippen LogP) is 1.24. The van der Waals surface area contributed by atoms with E-state index in [0.29, 0.717) is 5.75 Å². The molecular weight excluding hydrogens is 253 g/mol. The monoisotopic (exact) mass is 268 g/mol. The molecule has 1 N–H and O–H groups in total. The first-order chi connectivity index (χ1) is 7.98. The van der Waals surface area contributed by atoms with Crippen LogP contribution in [0.15, 0.2) is 0 Å². The van der Waals surface area contributed by atoms with Gasteiger partial charge >= 0.3 is 6.18 Å². The van der Waals surface area contributed by atoms with Crippen LogP contribution >= 0.6 is 11.8 Å². The molecule has 0 saturated carbocycles. The van der Waals surface area contributed by atoms with Crippen LogP contribution in [0.3, 0.4) is 0 Å². The quantitative estimate of drug-likeness (QED) is 0.776. The molecule has 17 heavy (non-hydrogen) atoms. The van der Waals surface area contributed by atoms with Crippen LogP contribution < -0.4 is 5.32 Å². The number of nitrogens with zero attached hydrogens (tertiary/aromatic N) is 1. The Morgan fingerprint density at radius 3 is 2.76 bits per heavy atom. The Kier molecular flexibility index (Phi) is 3.87. The maximum absolute atomic E-state index is 12.9. The molecule has 2 fully saturated rings. The summed E-state index contributed by atoms with van der Waals surface area (Å²) in [4.78, 5) is 12.6. The van der Waals surface area contributed by atoms with Crippen LogP contribution in [0.4, 0.5) is 13.2 Å². The van der Waals surface area contributed by atoms with Crippen molar-refractivity contribution >= 4 is 17.7 Å². The number of hydrogen-bond donors (Lipinski definition) is 1. The number of hydrogen-bond acceptors (Lipinski definition) is 3. The minimum Gasteiger partial charge on any atom is -0.353 e. The number of thioether (sulfide) groups is 1. The highest BCUT2D eigenvalue weighted by Gasteiger charge is 2.48. The van der Waals surface area contributed by atoms with E-state index in [1.165, 1.54) is 4.90 Å². The number of rotatable bonds is 1. The zero-order valence-corrected chi connectivity index (χ0v) is 10.1. The topological polar surface area (TPSA) is 32.3 Å². The summed E-state index contributed by atoms with van der Waals surface area (Å²) in [5.74, 6) is 1.40. The van der Waals surface area contributed by atoms with E-state index >= 15 is 0 Å². The molecule has 1 amide bonds. The molecule has 0 spiro atoms. The van der Waals surface area contributed by atoms with Crippen molar-refractivity contribution < 1.29 is 18.0 Å². The van der Waals surface area contributed by atoms with Gasteiger partial charge in [0.1, 0.15) is 6.04 Å². The van der Waals surface area contributed by atoms with Crippen LogP contribution in [0.25, 0.3) is 0 Å². The molecule has 98 valence electrons. The molecule has 2 unspecified atom stereocenters. The zero-order valence-electron chi connectivity index (χ0n) is 9.29. The average molecular weight is 268 g/mol. The van der Waals surface area contributed by atoms with Crippen molar-refractivity contribution in [3.63, 3.8) is 0 Å². The molecule has 0 radical (unpaired) electrons. The van der Waals surface area contributed by atoms with Gasteiger partial charge in [0.15, 0.2) is 0 Å². The third-order valence-corrected chi connectivity index (χ3v) is 4.40. The van der Waals surface area contributed by atoms with Gasteiger partial charge in [0.2, 0.25) is 5.91 Å². The summed E-state index contributed by atoms with van der Waals surface area (Å²) in [5, 5.41) is 2.30. The first-order valence-electron chi connectivity index (χ1n) is 5.65. The van der Waals surface area contributed by atoms with Crippen LogP contribution in [0.2, 0.25) is 0 Å². The van der Waals surface area contributed by atoms with Crippen molar-refractivity contribution in [3.8, 4) is 0 Å². The lowest BCUT2D eigenvalue weighted by atomic mass is 10.1. The number of carbonyl (C=O) groups is 1. The molecule has 0 aromatic carbocycles. The smallest absolute Gasteiger partial charge is 0.353 e. The fourth-order valence-corrected chi connectivity index (χ4v) is 3.50. The van der Waals surface area contributed by atoms with Crippen molar-refractivity contribution in [2.75, 3.05) is 24.6 Å². The third-order valence-electron chi connectivity index (χ3n) is 3.20. The van der Waals surface area contributed by atoms with Crippen molar-refractivity contribution in [2.24, 2.45) is 0 Å². The van der Waals surface area contributed by atoms with E-state index in [9.17, 15) is 18.0 Å². The molecule has 0 bridgehead atoms. The molecule has 2 saturated heterocycles. The average Bonchev–Trinajstić information content (AvgIpc) is 2.28. The number of halogens is 3. The molecule has 7 heteroatoms. The standard InChI is InChI=1S/C10H15F3N2OS/c11-10(12,13)8-4-14-9(16)5-15(8)7-2-1-3-17-6-7/h7-8H,1-6H2,(H,14,16). The number of carbonyl (C=O) groups excluding carboxylic acids is 1. The second kappa shape index (κ2) is 5.06. The van der Waals surface area contributed by atoms with Crippen LogP contribution in [0, 0.1) is 0 Å². The fourth-order valence-electron chi connectivity index (χ4n) is 2.33. The second-order valence-corrected chi connectivity index (χ2v) is 5.55. The third kappa shape index (κ3) is 3.07. The van der Waals surface area contributed by atoms with Gasteiger partial charge in [0, 0.05) is 18.3 Å². The Labute approximate surface area is 102 Å². The molecular formula is C10H15F3N2OS. The Morgan fingerprint density at radius 2 is 2.18 bits per heavy atom. The minimum atomic E-state index is -4.27. The summed E-state index contributed by atoms with van der Waals surface area (Å²) < 4.78 is 38.6. The normalized spacial score (nSPS) is 32.3. The van der Waals surface area contributed by atoms with Gasteiger partial charge in [-0.05, 0) is 18.6 Å². The van der Waals surface area contributed by atoms with Crippen LogP contribution in [0.5, 0.6) is 0 Å².